The van der Waals surface area contributed by atoms with E-state index in [1.165, 1.54) is 25.7 Å². The summed E-state index contributed by atoms with van der Waals surface area (Å²) in [6, 6.07) is 6.22. The van der Waals surface area contributed by atoms with Crippen molar-refractivity contribution in [2.75, 3.05) is 0 Å². The number of nitrogens with zero attached hydrogens (tertiary/aromatic N) is 2. The van der Waals surface area contributed by atoms with Crippen molar-refractivity contribution in [2.24, 2.45) is 19.5 Å². The van der Waals surface area contributed by atoms with Crippen molar-refractivity contribution in [3.8, 4) is 0 Å². The minimum atomic E-state index is 0.0133. The molecule has 4 heteroatoms. The maximum Gasteiger partial charge on any atom is 0.328 e. The SMILES string of the molecule is CCC1(C(Cl)c2ccc3c(c2)n(C)c(=O)n3C)CCCC1. The van der Waals surface area contributed by atoms with E-state index in [9.17, 15) is 4.79 Å². The van der Waals surface area contributed by atoms with E-state index < -0.39 is 0 Å². The van der Waals surface area contributed by atoms with Crippen LogP contribution >= 0.6 is 11.6 Å². The Morgan fingerprint density at radius 3 is 2.43 bits per heavy atom. The number of hydrogen-bond acceptors (Lipinski definition) is 1. The number of hydrogen-bond donors (Lipinski definition) is 0. The molecule has 0 radical (unpaired) electrons. The lowest BCUT2D eigenvalue weighted by Gasteiger charge is -2.33. The van der Waals surface area contributed by atoms with Gasteiger partial charge in [0.2, 0.25) is 0 Å². The largest absolute Gasteiger partial charge is 0.328 e. The lowest BCUT2D eigenvalue weighted by molar-refractivity contribution is 0.271. The Labute approximate surface area is 130 Å². The molecule has 1 atom stereocenters. The Morgan fingerprint density at radius 1 is 1.19 bits per heavy atom. The number of halogens is 1. The average molecular weight is 307 g/mol. The van der Waals surface area contributed by atoms with Crippen molar-refractivity contribution in [3.63, 3.8) is 0 Å². The van der Waals surface area contributed by atoms with Crippen LogP contribution in [0.3, 0.4) is 0 Å². The number of imidazole rings is 1. The van der Waals surface area contributed by atoms with E-state index in [1.54, 1.807) is 9.13 Å². The monoisotopic (exact) mass is 306 g/mol. The fourth-order valence-corrected chi connectivity index (χ4v) is 4.41. The third-order valence-electron chi connectivity index (χ3n) is 5.43. The first-order chi connectivity index (χ1) is 10.00. The zero-order chi connectivity index (χ0) is 15.2. The molecular formula is C17H23ClN2O. The topological polar surface area (TPSA) is 26.9 Å². The third kappa shape index (κ3) is 2.13. The van der Waals surface area contributed by atoms with Crippen LogP contribution in [-0.2, 0) is 14.1 Å². The number of rotatable bonds is 3. The molecule has 21 heavy (non-hydrogen) atoms. The van der Waals surface area contributed by atoms with Crippen LogP contribution in [0.4, 0.5) is 0 Å². The normalized spacial score (nSPS) is 19.2. The van der Waals surface area contributed by atoms with E-state index in [2.05, 4.69) is 19.1 Å². The van der Waals surface area contributed by atoms with Crippen molar-refractivity contribution in [3.05, 3.63) is 34.2 Å². The van der Waals surface area contributed by atoms with Gasteiger partial charge < -0.3 is 0 Å². The van der Waals surface area contributed by atoms with Crippen molar-refractivity contribution in [1.82, 2.24) is 9.13 Å². The van der Waals surface area contributed by atoms with Crippen LogP contribution in [-0.4, -0.2) is 9.13 Å². The molecular weight excluding hydrogens is 284 g/mol. The molecule has 114 valence electrons. The van der Waals surface area contributed by atoms with Crippen LogP contribution in [0.1, 0.15) is 50.0 Å². The van der Waals surface area contributed by atoms with Crippen LogP contribution in [0.15, 0.2) is 23.0 Å². The predicted octanol–water partition coefficient (Wildman–Crippen LogP) is 4.13. The summed E-state index contributed by atoms with van der Waals surface area (Å²) < 4.78 is 3.39. The molecule has 2 aromatic rings. The summed E-state index contributed by atoms with van der Waals surface area (Å²) in [6.45, 7) is 2.25. The lowest BCUT2D eigenvalue weighted by atomic mass is 9.77. The van der Waals surface area contributed by atoms with E-state index in [-0.39, 0.29) is 16.5 Å². The summed E-state index contributed by atoms with van der Waals surface area (Å²) in [7, 11) is 3.63. The summed E-state index contributed by atoms with van der Waals surface area (Å²) in [5.74, 6) is 0. The number of aryl methyl sites for hydroxylation is 2. The molecule has 0 spiro atoms. The smallest absolute Gasteiger partial charge is 0.295 e. The van der Waals surface area contributed by atoms with Crippen LogP contribution in [0.2, 0.25) is 0 Å². The molecule has 1 aromatic carbocycles. The minimum absolute atomic E-state index is 0.0133. The maximum absolute atomic E-state index is 12.0. The first-order valence-corrected chi connectivity index (χ1v) is 8.23. The Balaban J connectivity index is 2.09. The van der Waals surface area contributed by atoms with E-state index in [4.69, 9.17) is 11.6 Å². The zero-order valence-corrected chi connectivity index (χ0v) is 13.8. The zero-order valence-electron chi connectivity index (χ0n) is 13.0. The molecule has 0 amide bonds. The third-order valence-corrected chi connectivity index (χ3v) is 6.14. The van der Waals surface area contributed by atoms with Crippen molar-refractivity contribution in [1.29, 1.82) is 0 Å². The standard InChI is InChI=1S/C17H23ClN2O/c1-4-17(9-5-6-10-17)15(18)12-7-8-13-14(11-12)20(3)16(21)19(13)2/h7-8,11,15H,4-6,9-10H2,1-3H3. The molecule has 0 saturated heterocycles. The Kier molecular flexibility index (Phi) is 3.64. The Morgan fingerprint density at radius 2 is 1.81 bits per heavy atom. The molecule has 1 saturated carbocycles. The van der Waals surface area contributed by atoms with Gasteiger partial charge in [0.25, 0.3) is 0 Å². The van der Waals surface area contributed by atoms with Crippen LogP contribution in [0, 0.1) is 5.41 Å². The first-order valence-electron chi connectivity index (χ1n) is 7.79. The second kappa shape index (κ2) is 5.20. The highest BCUT2D eigenvalue weighted by Gasteiger charge is 2.39. The fraction of sp³-hybridized carbons (Fsp3) is 0.588. The fourth-order valence-electron chi connectivity index (χ4n) is 3.90. The van der Waals surface area contributed by atoms with Gasteiger partial charge in [-0.05, 0) is 42.4 Å². The summed E-state index contributed by atoms with van der Waals surface area (Å²) in [4.78, 5) is 12.0. The average Bonchev–Trinajstić information content (AvgIpc) is 3.08. The predicted molar refractivity (Wildman–Crippen MR) is 87.9 cm³/mol. The van der Waals surface area contributed by atoms with Gasteiger partial charge in [0.05, 0.1) is 16.4 Å². The highest BCUT2D eigenvalue weighted by atomic mass is 35.5. The van der Waals surface area contributed by atoms with Gasteiger partial charge in [0.15, 0.2) is 0 Å². The van der Waals surface area contributed by atoms with Gasteiger partial charge in [0, 0.05) is 14.1 Å². The lowest BCUT2D eigenvalue weighted by Crippen LogP contribution is -2.21. The van der Waals surface area contributed by atoms with Gasteiger partial charge in [-0.25, -0.2) is 4.79 Å². The van der Waals surface area contributed by atoms with E-state index >= 15 is 0 Å². The van der Waals surface area contributed by atoms with Gasteiger partial charge >= 0.3 is 5.69 Å². The molecule has 1 unspecified atom stereocenters. The molecule has 3 nitrogen and oxygen atoms in total. The quantitative estimate of drug-likeness (QED) is 0.783. The molecule has 0 aliphatic heterocycles. The van der Waals surface area contributed by atoms with Crippen LogP contribution in [0.5, 0.6) is 0 Å². The molecule has 1 heterocycles. The highest BCUT2D eigenvalue weighted by Crippen LogP contribution is 2.53. The van der Waals surface area contributed by atoms with Crippen LogP contribution < -0.4 is 5.69 Å². The van der Waals surface area contributed by atoms with Crippen molar-refractivity contribution >= 4 is 22.6 Å². The number of fused-ring (bicyclic) bond motifs is 1. The van der Waals surface area contributed by atoms with Gasteiger partial charge in [-0.1, -0.05) is 25.8 Å². The van der Waals surface area contributed by atoms with E-state index in [0.29, 0.717) is 0 Å². The van der Waals surface area contributed by atoms with Gasteiger partial charge in [-0.3, -0.25) is 9.13 Å². The van der Waals surface area contributed by atoms with Crippen molar-refractivity contribution < 1.29 is 0 Å². The summed E-state index contributed by atoms with van der Waals surface area (Å²) in [5.41, 5.74) is 3.32. The van der Waals surface area contributed by atoms with Gasteiger partial charge in [0.1, 0.15) is 0 Å². The molecule has 1 fully saturated rings. The highest BCUT2D eigenvalue weighted by molar-refractivity contribution is 6.21. The number of aromatic nitrogens is 2. The van der Waals surface area contributed by atoms with Crippen molar-refractivity contribution in [2.45, 2.75) is 44.4 Å². The molecule has 0 bridgehead atoms. The van der Waals surface area contributed by atoms with E-state index in [1.807, 2.05) is 20.2 Å². The molecule has 3 rings (SSSR count). The van der Waals surface area contributed by atoms with Crippen LogP contribution in [0.25, 0.3) is 11.0 Å². The van der Waals surface area contributed by atoms with Gasteiger partial charge in [-0.2, -0.15) is 0 Å². The Hall–Kier alpha value is -1.22. The second-order valence-corrected chi connectivity index (χ2v) is 6.87. The molecule has 1 aliphatic rings. The van der Waals surface area contributed by atoms with E-state index in [0.717, 1.165) is 23.0 Å². The second-order valence-electron chi connectivity index (χ2n) is 6.43. The summed E-state index contributed by atoms with van der Waals surface area (Å²) in [6.07, 6.45) is 6.10. The number of alkyl halides is 1. The summed E-state index contributed by atoms with van der Waals surface area (Å²) >= 11 is 6.87. The minimum Gasteiger partial charge on any atom is -0.295 e. The first kappa shape index (κ1) is 14.7. The van der Waals surface area contributed by atoms with Gasteiger partial charge in [-0.15, -0.1) is 11.6 Å². The molecule has 0 N–H and O–H groups in total. The Bertz CT molecular complexity index is 722. The summed E-state index contributed by atoms with van der Waals surface area (Å²) in [5, 5.41) is 0.0321. The maximum atomic E-state index is 12.0. The number of benzene rings is 1. The molecule has 1 aliphatic carbocycles. The molecule has 1 aromatic heterocycles.